The number of hydrogen-bond acceptors (Lipinski definition) is 3. The van der Waals surface area contributed by atoms with E-state index in [-0.39, 0.29) is 11.9 Å². The van der Waals surface area contributed by atoms with Gasteiger partial charge in [-0.15, -0.1) is 11.3 Å². The number of halogens is 1. The average Bonchev–Trinajstić information content (AvgIpc) is 2.78. The van der Waals surface area contributed by atoms with Gasteiger partial charge in [-0.1, -0.05) is 18.2 Å². The van der Waals surface area contributed by atoms with Crippen molar-refractivity contribution >= 4 is 11.3 Å². The summed E-state index contributed by atoms with van der Waals surface area (Å²) in [6.45, 7) is 0. The molecule has 0 amide bonds. The van der Waals surface area contributed by atoms with Gasteiger partial charge >= 0.3 is 0 Å². The number of hydrazine groups is 1. The molecule has 1 aromatic carbocycles. The van der Waals surface area contributed by atoms with Crippen LogP contribution in [0.15, 0.2) is 41.8 Å². The van der Waals surface area contributed by atoms with Crippen LogP contribution in [-0.4, -0.2) is 0 Å². The van der Waals surface area contributed by atoms with Gasteiger partial charge in [0, 0.05) is 11.3 Å². The van der Waals surface area contributed by atoms with Crippen molar-refractivity contribution in [2.75, 3.05) is 0 Å². The van der Waals surface area contributed by atoms with Gasteiger partial charge in [-0.25, -0.2) is 4.39 Å². The fourth-order valence-corrected chi connectivity index (χ4v) is 2.38. The molecule has 2 nitrogen and oxygen atoms in total. The zero-order valence-corrected chi connectivity index (χ0v) is 9.51. The zero-order chi connectivity index (χ0) is 11.4. The van der Waals surface area contributed by atoms with Crippen molar-refractivity contribution in [1.82, 2.24) is 5.43 Å². The van der Waals surface area contributed by atoms with Crippen molar-refractivity contribution in [3.05, 3.63) is 58.0 Å². The summed E-state index contributed by atoms with van der Waals surface area (Å²) in [6, 6.07) is 10.5. The van der Waals surface area contributed by atoms with Crippen LogP contribution in [-0.2, 0) is 6.42 Å². The molecule has 1 aromatic heterocycles. The Kier molecular flexibility index (Phi) is 3.66. The van der Waals surface area contributed by atoms with E-state index >= 15 is 0 Å². The second kappa shape index (κ2) is 5.21. The van der Waals surface area contributed by atoms with E-state index in [0.29, 0.717) is 0 Å². The summed E-state index contributed by atoms with van der Waals surface area (Å²) in [7, 11) is 0. The van der Waals surface area contributed by atoms with Crippen molar-refractivity contribution < 1.29 is 4.39 Å². The molecule has 0 aliphatic heterocycles. The largest absolute Gasteiger partial charge is 0.271 e. The van der Waals surface area contributed by atoms with E-state index in [9.17, 15) is 4.39 Å². The molecule has 0 fully saturated rings. The Morgan fingerprint density at radius 3 is 2.81 bits per heavy atom. The Bertz CT molecular complexity index is 442. The van der Waals surface area contributed by atoms with Gasteiger partial charge < -0.3 is 0 Å². The SMILES string of the molecule is NNC(Cc1cccs1)c1cccc(F)c1. The third-order valence-electron chi connectivity index (χ3n) is 2.44. The molecule has 84 valence electrons. The molecule has 2 aromatic rings. The number of hydrogen-bond donors (Lipinski definition) is 2. The lowest BCUT2D eigenvalue weighted by molar-refractivity contribution is 0.548. The van der Waals surface area contributed by atoms with Crippen molar-refractivity contribution in [3.63, 3.8) is 0 Å². The highest BCUT2D eigenvalue weighted by Crippen LogP contribution is 2.21. The maximum Gasteiger partial charge on any atom is 0.123 e. The predicted molar refractivity (Wildman–Crippen MR) is 64.5 cm³/mol. The zero-order valence-electron chi connectivity index (χ0n) is 8.69. The van der Waals surface area contributed by atoms with Crippen LogP contribution >= 0.6 is 11.3 Å². The molecule has 16 heavy (non-hydrogen) atoms. The quantitative estimate of drug-likeness (QED) is 0.632. The molecule has 4 heteroatoms. The van der Waals surface area contributed by atoms with Gasteiger partial charge in [-0.05, 0) is 29.1 Å². The first kappa shape index (κ1) is 11.3. The minimum atomic E-state index is -0.232. The normalized spacial score (nSPS) is 12.6. The van der Waals surface area contributed by atoms with E-state index in [0.717, 1.165) is 12.0 Å². The Morgan fingerprint density at radius 2 is 2.19 bits per heavy atom. The molecule has 0 saturated heterocycles. The van der Waals surface area contributed by atoms with Gasteiger partial charge in [0.15, 0.2) is 0 Å². The minimum absolute atomic E-state index is 0.0469. The molecule has 0 aliphatic rings. The summed E-state index contributed by atoms with van der Waals surface area (Å²) < 4.78 is 13.1. The standard InChI is InChI=1S/C12H13FN2S/c13-10-4-1-3-9(7-10)12(15-14)8-11-5-2-6-16-11/h1-7,12,15H,8,14H2. The first-order chi connectivity index (χ1) is 7.79. The highest BCUT2D eigenvalue weighted by Gasteiger charge is 2.11. The summed E-state index contributed by atoms with van der Waals surface area (Å²) in [5.41, 5.74) is 3.60. The second-order valence-electron chi connectivity index (χ2n) is 3.56. The smallest absolute Gasteiger partial charge is 0.123 e. The van der Waals surface area contributed by atoms with E-state index in [1.165, 1.54) is 17.0 Å². The van der Waals surface area contributed by atoms with Crippen LogP contribution in [0.25, 0.3) is 0 Å². The maximum atomic E-state index is 13.1. The Morgan fingerprint density at radius 1 is 1.31 bits per heavy atom. The molecule has 0 saturated carbocycles. The molecular formula is C12H13FN2S. The van der Waals surface area contributed by atoms with E-state index in [1.807, 2.05) is 23.6 Å². The number of rotatable bonds is 4. The van der Waals surface area contributed by atoms with Gasteiger partial charge in [0.1, 0.15) is 5.82 Å². The van der Waals surface area contributed by atoms with Crippen molar-refractivity contribution in [2.45, 2.75) is 12.5 Å². The van der Waals surface area contributed by atoms with Crippen LogP contribution in [0.2, 0.25) is 0 Å². The monoisotopic (exact) mass is 236 g/mol. The molecule has 0 spiro atoms. The number of nitrogens with one attached hydrogen (secondary N) is 1. The summed E-state index contributed by atoms with van der Waals surface area (Å²) in [5, 5.41) is 2.02. The fourth-order valence-electron chi connectivity index (χ4n) is 1.63. The fraction of sp³-hybridized carbons (Fsp3) is 0.167. The molecule has 0 radical (unpaired) electrons. The van der Waals surface area contributed by atoms with E-state index in [4.69, 9.17) is 5.84 Å². The third-order valence-corrected chi connectivity index (χ3v) is 3.34. The van der Waals surface area contributed by atoms with Crippen LogP contribution < -0.4 is 11.3 Å². The number of thiophene rings is 1. The van der Waals surface area contributed by atoms with E-state index < -0.39 is 0 Å². The number of benzene rings is 1. The molecular weight excluding hydrogens is 223 g/mol. The summed E-state index contributed by atoms with van der Waals surface area (Å²) in [4.78, 5) is 1.23. The molecule has 1 unspecified atom stereocenters. The number of nitrogens with two attached hydrogens (primary N) is 1. The topological polar surface area (TPSA) is 38.0 Å². The van der Waals surface area contributed by atoms with Crippen LogP contribution in [0.5, 0.6) is 0 Å². The van der Waals surface area contributed by atoms with E-state index in [1.54, 1.807) is 17.4 Å². The van der Waals surface area contributed by atoms with Crippen LogP contribution in [0.1, 0.15) is 16.5 Å². The van der Waals surface area contributed by atoms with Crippen LogP contribution in [0.4, 0.5) is 4.39 Å². The molecule has 0 aliphatic carbocycles. The molecule has 3 N–H and O–H groups in total. The summed E-state index contributed by atoms with van der Waals surface area (Å²) >= 11 is 1.68. The van der Waals surface area contributed by atoms with Crippen molar-refractivity contribution in [2.24, 2.45) is 5.84 Å². The van der Waals surface area contributed by atoms with Gasteiger partial charge in [-0.3, -0.25) is 11.3 Å². The van der Waals surface area contributed by atoms with Crippen molar-refractivity contribution in [1.29, 1.82) is 0 Å². The van der Waals surface area contributed by atoms with Gasteiger partial charge in [0.2, 0.25) is 0 Å². The lowest BCUT2D eigenvalue weighted by Crippen LogP contribution is -2.29. The first-order valence-electron chi connectivity index (χ1n) is 5.03. The lowest BCUT2D eigenvalue weighted by Gasteiger charge is -2.15. The Hall–Kier alpha value is -1.23. The molecule has 0 bridgehead atoms. The maximum absolute atomic E-state index is 13.1. The third kappa shape index (κ3) is 2.66. The predicted octanol–water partition coefficient (Wildman–Crippen LogP) is 2.63. The average molecular weight is 236 g/mol. The van der Waals surface area contributed by atoms with Gasteiger partial charge in [-0.2, -0.15) is 0 Å². The van der Waals surface area contributed by atoms with Gasteiger partial charge in [0.05, 0.1) is 6.04 Å². The lowest BCUT2D eigenvalue weighted by atomic mass is 10.0. The molecule has 2 rings (SSSR count). The second-order valence-corrected chi connectivity index (χ2v) is 4.59. The molecule has 1 heterocycles. The van der Waals surface area contributed by atoms with Gasteiger partial charge in [0.25, 0.3) is 0 Å². The van der Waals surface area contributed by atoms with E-state index in [2.05, 4.69) is 5.43 Å². The highest BCUT2D eigenvalue weighted by atomic mass is 32.1. The van der Waals surface area contributed by atoms with Crippen molar-refractivity contribution in [3.8, 4) is 0 Å². The van der Waals surface area contributed by atoms with Crippen LogP contribution in [0.3, 0.4) is 0 Å². The summed E-state index contributed by atoms with van der Waals surface area (Å²) in [5.74, 6) is 5.27. The first-order valence-corrected chi connectivity index (χ1v) is 5.91. The highest BCUT2D eigenvalue weighted by molar-refractivity contribution is 7.09. The Labute approximate surface area is 97.9 Å². The minimum Gasteiger partial charge on any atom is -0.271 e. The van der Waals surface area contributed by atoms with Crippen LogP contribution in [0, 0.1) is 5.82 Å². The molecule has 1 atom stereocenters. The summed E-state index contributed by atoms with van der Waals surface area (Å²) in [6.07, 6.45) is 0.775. The Balaban J connectivity index is 2.16.